The molecule has 1 aliphatic carbocycles. The molecule has 0 atom stereocenters. The molecule has 10 heavy (non-hydrogen) atoms. The van der Waals surface area contributed by atoms with Crippen LogP contribution >= 0.6 is 11.6 Å². The molecule has 0 aromatic carbocycles. The number of hydrogen-bond donors (Lipinski definition) is 0. The lowest BCUT2D eigenvalue weighted by Gasteiger charge is -1.95. The number of halogens is 1. The van der Waals surface area contributed by atoms with Gasteiger partial charge in [0.1, 0.15) is 6.29 Å². The third-order valence-corrected chi connectivity index (χ3v) is 2.26. The highest BCUT2D eigenvalue weighted by Crippen LogP contribution is 2.24. The molecule has 0 spiro atoms. The van der Waals surface area contributed by atoms with Crippen LogP contribution in [0.25, 0.3) is 0 Å². The number of hydrogen-bond acceptors (Lipinski definition) is 1. The van der Waals surface area contributed by atoms with E-state index in [1.54, 1.807) is 0 Å². The Hall–Kier alpha value is -0.300. The monoisotopic (exact) mass is 158 g/mol. The molecule has 0 radical (unpaired) electrons. The fourth-order valence-electron chi connectivity index (χ4n) is 1.19. The maximum absolute atomic E-state index is 10.4. The van der Waals surface area contributed by atoms with Crippen LogP contribution in [0, 0.1) is 0 Å². The smallest absolute Gasteiger partial charge is 0.147 e. The van der Waals surface area contributed by atoms with Crippen LogP contribution in [0.5, 0.6) is 0 Å². The van der Waals surface area contributed by atoms with E-state index in [9.17, 15) is 4.79 Å². The maximum atomic E-state index is 10.4. The van der Waals surface area contributed by atoms with Gasteiger partial charge in [-0.25, -0.2) is 0 Å². The van der Waals surface area contributed by atoms with Crippen molar-refractivity contribution in [2.45, 2.75) is 32.1 Å². The highest BCUT2D eigenvalue weighted by Gasteiger charge is 2.07. The van der Waals surface area contributed by atoms with Crippen LogP contribution in [0.2, 0.25) is 0 Å². The molecule has 0 bridgehead atoms. The molecule has 0 fully saturated rings. The van der Waals surface area contributed by atoms with Gasteiger partial charge < -0.3 is 0 Å². The van der Waals surface area contributed by atoms with Gasteiger partial charge in [-0.3, -0.25) is 4.79 Å². The lowest BCUT2D eigenvalue weighted by Crippen LogP contribution is -1.85. The minimum atomic E-state index is 0.785. The van der Waals surface area contributed by atoms with Gasteiger partial charge >= 0.3 is 0 Å². The molecule has 0 aromatic rings. The van der Waals surface area contributed by atoms with E-state index >= 15 is 0 Å². The Morgan fingerprint density at radius 2 is 1.90 bits per heavy atom. The summed E-state index contributed by atoms with van der Waals surface area (Å²) in [4.78, 5) is 10.4. The predicted molar refractivity (Wildman–Crippen MR) is 42.0 cm³/mol. The van der Waals surface area contributed by atoms with Crippen molar-refractivity contribution in [2.24, 2.45) is 0 Å². The van der Waals surface area contributed by atoms with Crippen LogP contribution < -0.4 is 0 Å². The van der Waals surface area contributed by atoms with E-state index in [-0.39, 0.29) is 0 Å². The first-order valence-corrected chi connectivity index (χ1v) is 4.05. The predicted octanol–water partition coefficient (Wildman–Crippen LogP) is 2.64. The molecule has 56 valence electrons. The van der Waals surface area contributed by atoms with Gasteiger partial charge in [-0.05, 0) is 25.7 Å². The molecule has 0 heterocycles. The van der Waals surface area contributed by atoms with Crippen molar-refractivity contribution in [3.05, 3.63) is 10.6 Å². The Kier molecular flexibility index (Phi) is 2.94. The first-order valence-electron chi connectivity index (χ1n) is 3.67. The van der Waals surface area contributed by atoms with E-state index in [2.05, 4.69) is 0 Å². The molecule has 0 amide bonds. The van der Waals surface area contributed by atoms with Crippen LogP contribution in [0.4, 0.5) is 0 Å². The van der Waals surface area contributed by atoms with E-state index in [1.165, 1.54) is 6.42 Å². The van der Waals surface area contributed by atoms with Crippen molar-refractivity contribution in [2.75, 3.05) is 0 Å². The molecule has 0 aromatic heterocycles. The van der Waals surface area contributed by atoms with Gasteiger partial charge in [0, 0.05) is 10.6 Å². The van der Waals surface area contributed by atoms with E-state index in [0.29, 0.717) is 0 Å². The van der Waals surface area contributed by atoms with Crippen molar-refractivity contribution >= 4 is 17.9 Å². The van der Waals surface area contributed by atoms with Crippen molar-refractivity contribution in [3.63, 3.8) is 0 Å². The Labute approximate surface area is 66.1 Å². The second kappa shape index (κ2) is 3.77. The summed E-state index contributed by atoms with van der Waals surface area (Å²) in [5, 5.41) is 0.785. The third-order valence-electron chi connectivity index (χ3n) is 1.83. The van der Waals surface area contributed by atoms with Gasteiger partial charge in [-0.1, -0.05) is 18.0 Å². The first kappa shape index (κ1) is 7.80. The van der Waals surface area contributed by atoms with Crippen LogP contribution in [0.3, 0.4) is 0 Å². The first-order chi connectivity index (χ1) is 4.84. The summed E-state index contributed by atoms with van der Waals surface area (Å²) in [5.74, 6) is 0. The number of allylic oxidation sites excluding steroid dienone is 2. The van der Waals surface area contributed by atoms with Gasteiger partial charge in [0.15, 0.2) is 0 Å². The van der Waals surface area contributed by atoms with E-state index in [1.807, 2.05) is 0 Å². The molecule has 1 rings (SSSR count). The van der Waals surface area contributed by atoms with Crippen molar-refractivity contribution < 1.29 is 4.79 Å². The van der Waals surface area contributed by atoms with Crippen LogP contribution in [-0.2, 0) is 4.79 Å². The van der Waals surface area contributed by atoms with Crippen molar-refractivity contribution in [3.8, 4) is 0 Å². The summed E-state index contributed by atoms with van der Waals surface area (Å²) in [5.41, 5.74) is 0.819. The van der Waals surface area contributed by atoms with Crippen LogP contribution in [-0.4, -0.2) is 6.29 Å². The molecule has 0 saturated carbocycles. The highest BCUT2D eigenvalue weighted by atomic mass is 35.5. The fraction of sp³-hybridized carbons (Fsp3) is 0.625. The number of rotatable bonds is 1. The lowest BCUT2D eigenvalue weighted by atomic mass is 10.1. The number of aldehydes is 1. The van der Waals surface area contributed by atoms with Gasteiger partial charge in [0.05, 0.1) is 0 Å². The summed E-state index contributed by atoms with van der Waals surface area (Å²) in [6, 6.07) is 0. The molecule has 0 saturated heterocycles. The molecule has 2 heteroatoms. The Bertz CT molecular complexity index is 161. The summed E-state index contributed by atoms with van der Waals surface area (Å²) >= 11 is 5.84. The standard InChI is InChI=1S/C8H11ClO/c9-8-5-3-1-2-4-7(8)6-10/h6H,1-5H2. The molecule has 1 nitrogen and oxygen atoms in total. The zero-order valence-corrected chi connectivity index (χ0v) is 6.66. The molecule has 0 unspecified atom stereocenters. The van der Waals surface area contributed by atoms with Gasteiger partial charge in [0.2, 0.25) is 0 Å². The largest absolute Gasteiger partial charge is 0.298 e. The van der Waals surface area contributed by atoms with E-state index in [4.69, 9.17) is 11.6 Å². The fourth-order valence-corrected chi connectivity index (χ4v) is 1.46. The summed E-state index contributed by atoms with van der Waals surface area (Å²) in [7, 11) is 0. The van der Waals surface area contributed by atoms with Crippen LogP contribution in [0.1, 0.15) is 32.1 Å². The number of carbonyl (C=O) groups excluding carboxylic acids is 1. The zero-order valence-electron chi connectivity index (χ0n) is 5.90. The zero-order chi connectivity index (χ0) is 7.40. The van der Waals surface area contributed by atoms with Crippen molar-refractivity contribution in [1.29, 1.82) is 0 Å². The Morgan fingerprint density at radius 1 is 1.20 bits per heavy atom. The SMILES string of the molecule is O=CC1=C(Cl)CCCCC1. The molecular weight excluding hydrogens is 148 g/mol. The molecule has 1 aliphatic rings. The van der Waals surface area contributed by atoms with Crippen LogP contribution in [0.15, 0.2) is 10.6 Å². The minimum absolute atomic E-state index is 0.785. The number of carbonyl (C=O) groups is 1. The highest BCUT2D eigenvalue weighted by molar-refractivity contribution is 6.31. The average Bonchev–Trinajstić information content (AvgIpc) is 2.13. The summed E-state index contributed by atoms with van der Waals surface area (Å²) in [6.45, 7) is 0. The minimum Gasteiger partial charge on any atom is -0.298 e. The second-order valence-corrected chi connectivity index (χ2v) is 3.06. The molecular formula is C8H11ClO. The van der Waals surface area contributed by atoms with Crippen molar-refractivity contribution in [1.82, 2.24) is 0 Å². The maximum Gasteiger partial charge on any atom is 0.147 e. The normalized spacial score (nSPS) is 20.5. The second-order valence-electron chi connectivity index (χ2n) is 2.61. The molecule has 0 N–H and O–H groups in total. The Balaban J connectivity index is 2.67. The lowest BCUT2D eigenvalue weighted by molar-refractivity contribution is -0.105. The topological polar surface area (TPSA) is 17.1 Å². The summed E-state index contributed by atoms with van der Waals surface area (Å²) < 4.78 is 0. The summed E-state index contributed by atoms with van der Waals surface area (Å²) in [6.07, 6.45) is 6.12. The third kappa shape index (κ3) is 1.84. The van der Waals surface area contributed by atoms with E-state index in [0.717, 1.165) is 42.6 Å². The molecule has 0 aliphatic heterocycles. The van der Waals surface area contributed by atoms with Gasteiger partial charge in [0.25, 0.3) is 0 Å². The van der Waals surface area contributed by atoms with Gasteiger partial charge in [-0.2, -0.15) is 0 Å². The average molecular weight is 159 g/mol. The van der Waals surface area contributed by atoms with E-state index < -0.39 is 0 Å². The van der Waals surface area contributed by atoms with Gasteiger partial charge in [-0.15, -0.1) is 0 Å². The Morgan fingerprint density at radius 3 is 2.60 bits per heavy atom. The quantitative estimate of drug-likeness (QED) is 0.537.